The van der Waals surface area contributed by atoms with E-state index in [1.165, 1.54) is 0 Å². The van der Waals surface area contributed by atoms with Crippen LogP contribution in [0.3, 0.4) is 0 Å². The molecule has 2 atom stereocenters. The molecule has 2 nitrogen and oxygen atoms in total. The summed E-state index contributed by atoms with van der Waals surface area (Å²) in [6, 6.07) is 0. The molecule has 0 radical (unpaired) electrons. The van der Waals surface area contributed by atoms with E-state index in [1.54, 1.807) is 0 Å². The summed E-state index contributed by atoms with van der Waals surface area (Å²) in [7, 11) is 0. The summed E-state index contributed by atoms with van der Waals surface area (Å²) in [5.74, 6) is 0. The summed E-state index contributed by atoms with van der Waals surface area (Å²) in [6.07, 6.45) is 0. The molecular weight excluding hydrogens is 140 g/mol. The topological polar surface area (TPSA) is 24.1 Å². The zero-order valence-corrected chi connectivity index (χ0v) is 6.25. The second-order valence-electron chi connectivity index (χ2n) is 1.86. The smallest absolute Gasteiger partial charge is 0.0637 e. The lowest BCUT2D eigenvalue weighted by molar-refractivity contribution is 0.485. The van der Waals surface area contributed by atoms with E-state index in [0.717, 1.165) is 13.1 Å². The van der Waals surface area contributed by atoms with Gasteiger partial charge in [-0.25, -0.2) is 0 Å². The Bertz CT molecular complexity index is 70.4. The highest BCUT2D eigenvalue weighted by atomic mass is 32.1. The predicted octanol–water partition coefficient (Wildman–Crippen LogP) is -0.309. The maximum Gasteiger partial charge on any atom is 0.0637 e. The van der Waals surface area contributed by atoms with Gasteiger partial charge in [-0.05, 0) is 0 Å². The number of nitrogens with one attached hydrogen (secondary N) is 2. The molecule has 1 heterocycles. The lowest BCUT2D eigenvalue weighted by Gasteiger charge is -2.25. The molecule has 8 heavy (non-hydrogen) atoms. The molecule has 1 saturated heterocycles. The summed E-state index contributed by atoms with van der Waals surface area (Å²) in [6.45, 7) is 1.86. The van der Waals surface area contributed by atoms with Crippen molar-refractivity contribution in [2.24, 2.45) is 0 Å². The van der Waals surface area contributed by atoms with Gasteiger partial charge in [-0.15, -0.1) is 0 Å². The summed E-state index contributed by atoms with van der Waals surface area (Å²) in [4.78, 5) is 0. The molecule has 1 aliphatic heterocycles. The first-order valence-corrected chi connectivity index (χ1v) is 3.65. The molecule has 4 heteroatoms. The predicted molar refractivity (Wildman–Crippen MR) is 41.6 cm³/mol. The molecule has 0 spiro atoms. The molecule has 0 aromatic heterocycles. The highest BCUT2D eigenvalue weighted by Crippen LogP contribution is 1.99. The lowest BCUT2D eigenvalue weighted by Crippen LogP contribution is -2.49. The molecule has 1 rings (SSSR count). The average Bonchev–Trinajstić information content (AvgIpc) is 1.64. The van der Waals surface area contributed by atoms with E-state index in [9.17, 15) is 0 Å². The summed E-state index contributed by atoms with van der Waals surface area (Å²) in [5.41, 5.74) is 0. The number of thiol groups is 2. The van der Waals surface area contributed by atoms with Crippen LogP contribution in [0.2, 0.25) is 0 Å². The third kappa shape index (κ3) is 1.85. The van der Waals surface area contributed by atoms with Crippen LogP contribution in [0, 0.1) is 0 Å². The molecule has 0 aliphatic carbocycles. The van der Waals surface area contributed by atoms with Crippen LogP contribution in [-0.2, 0) is 0 Å². The first-order chi connectivity index (χ1) is 3.79. The van der Waals surface area contributed by atoms with E-state index in [2.05, 4.69) is 35.9 Å². The molecule has 0 amide bonds. The molecule has 48 valence electrons. The van der Waals surface area contributed by atoms with Crippen molar-refractivity contribution in [3.8, 4) is 0 Å². The van der Waals surface area contributed by atoms with E-state index < -0.39 is 0 Å². The Balaban J connectivity index is 2.23. The fraction of sp³-hybridized carbons (Fsp3) is 1.00. The Morgan fingerprint density at radius 1 is 1.12 bits per heavy atom. The van der Waals surface area contributed by atoms with Gasteiger partial charge in [0.25, 0.3) is 0 Å². The first kappa shape index (κ1) is 6.74. The highest BCUT2D eigenvalue weighted by molar-refractivity contribution is 7.81. The van der Waals surface area contributed by atoms with Gasteiger partial charge in [0.15, 0.2) is 0 Å². The van der Waals surface area contributed by atoms with Crippen LogP contribution in [0.1, 0.15) is 0 Å². The van der Waals surface area contributed by atoms with Crippen molar-refractivity contribution in [2.45, 2.75) is 10.7 Å². The van der Waals surface area contributed by atoms with Crippen LogP contribution in [0.4, 0.5) is 0 Å². The van der Waals surface area contributed by atoms with E-state index in [4.69, 9.17) is 0 Å². The normalized spacial score (nSPS) is 39.8. The zero-order valence-electron chi connectivity index (χ0n) is 4.46. The van der Waals surface area contributed by atoms with Crippen LogP contribution in [0.5, 0.6) is 0 Å². The highest BCUT2D eigenvalue weighted by Gasteiger charge is 2.12. The third-order valence-electron chi connectivity index (χ3n) is 1.06. The molecule has 2 unspecified atom stereocenters. The molecule has 0 saturated carbocycles. The third-order valence-corrected chi connectivity index (χ3v) is 1.72. The first-order valence-electron chi connectivity index (χ1n) is 2.62. The Morgan fingerprint density at radius 3 is 1.88 bits per heavy atom. The fourth-order valence-corrected chi connectivity index (χ4v) is 1.43. The molecule has 0 bridgehead atoms. The van der Waals surface area contributed by atoms with Crippen LogP contribution in [0.15, 0.2) is 0 Å². The minimum atomic E-state index is 0.270. The monoisotopic (exact) mass is 150 g/mol. The minimum absolute atomic E-state index is 0.270. The second-order valence-corrected chi connectivity index (χ2v) is 3.10. The van der Waals surface area contributed by atoms with Gasteiger partial charge in [0.05, 0.1) is 10.7 Å². The zero-order chi connectivity index (χ0) is 5.98. The Morgan fingerprint density at radius 2 is 1.62 bits per heavy atom. The molecule has 1 fully saturated rings. The molecule has 0 aromatic carbocycles. The average molecular weight is 150 g/mol. The molecule has 2 N–H and O–H groups in total. The van der Waals surface area contributed by atoms with Crippen LogP contribution < -0.4 is 10.6 Å². The van der Waals surface area contributed by atoms with Gasteiger partial charge < -0.3 is 5.32 Å². The Hall–Kier alpha value is 0.620. The van der Waals surface area contributed by atoms with Gasteiger partial charge in [0, 0.05) is 13.1 Å². The number of hydrogen-bond acceptors (Lipinski definition) is 4. The van der Waals surface area contributed by atoms with Crippen molar-refractivity contribution in [1.29, 1.82) is 0 Å². The summed E-state index contributed by atoms with van der Waals surface area (Å²) in [5, 5.41) is 6.85. The second kappa shape index (κ2) is 2.96. The molecular formula is C4H10N2S2. The lowest BCUT2D eigenvalue weighted by atomic mass is 10.4. The van der Waals surface area contributed by atoms with Crippen molar-refractivity contribution in [3.05, 3.63) is 0 Å². The maximum absolute atomic E-state index is 4.20. The van der Waals surface area contributed by atoms with Gasteiger partial charge in [-0.2, -0.15) is 25.3 Å². The largest absolute Gasteiger partial charge is 0.312 e. The van der Waals surface area contributed by atoms with Crippen LogP contribution in [0.25, 0.3) is 0 Å². The van der Waals surface area contributed by atoms with Gasteiger partial charge in [0.1, 0.15) is 0 Å². The maximum atomic E-state index is 4.20. The van der Waals surface area contributed by atoms with E-state index in [-0.39, 0.29) is 10.7 Å². The van der Waals surface area contributed by atoms with Crippen molar-refractivity contribution >= 4 is 25.3 Å². The van der Waals surface area contributed by atoms with E-state index in [1.807, 2.05) is 0 Å². The Kier molecular flexibility index (Phi) is 2.49. The van der Waals surface area contributed by atoms with Gasteiger partial charge in [-0.1, -0.05) is 0 Å². The van der Waals surface area contributed by atoms with Crippen molar-refractivity contribution in [3.63, 3.8) is 0 Å². The Labute approximate surface area is 60.2 Å². The van der Waals surface area contributed by atoms with Gasteiger partial charge in [-0.3, -0.25) is 5.32 Å². The van der Waals surface area contributed by atoms with Crippen LogP contribution >= 0.6 is 25.3 Å². The fourth-order valence-electron chi connectivity index (χ4n) is 0.697. The quantitative estimate of drug-likeness (QED) is 0.356. The minimum Gasteiger partial charge on any atom is -0.312 e. The van der Waals surface area contributed by atoms with Crippen molar-refractivity contribution < 1.29 is 0 Å². The number of rotatable bonds is 0. The molecule has 0 aromatic rings. The number of hydrogen-bond donors (Lipinski definition) is 4. The van der Waals surface area contributed by atoms with E-state index in [0.29, 0.717) is 0 Å². The van der Waals surface area contributed by atoms with Gasteiger partial charge >= 0.3 is 0 Å². The SMILES string of the molecule is SC1CNCC(S)N1. The van der Waals surface area contributed by atoms with Gasteiger partial charge in [0.2, 0.25) is 0 Å². The van der Waals surface area contributed by atoms with Crippen molar-refractivity contribution in [2.75, 3.05) is 13.1 Å². The standard InChI is InChI=1S/C4H10N2S2/c7-3-1-5-2-4(8)6-3/h3-8H,1-2H2. The molecule has 1 aliphatic rings. The number of piperazine rings is 1. The van der Waals surface area contributed by atoms with Crippen LogP contribution in [-0.4, -0.2) is 23.8 Å². The van der Waals surface area contributed by atoms with Crippen molar-refractivity contribution in [1.82, 2.24) is 10.6 Å². The summed E-state index contributed by atoms with van der Waals surface area (Å²) < 4.78 is 0. The van der Waals surface area contributed by atoms with E-state index >= 15 is 0 Å². The summed E-state index contributed by atoms with van der Waals surface area (Å²) >= 11 is 8.40.